The number of fused-ring (bicyclic) bond motifs is 3. The van der Waals surface area contributed by atoms with E-state index in [1.165, 1.54) is 10.6 Å². The van der Waals surface area contributed by atoms with Crippen molar-refractivity contribution in [3.63, 3.8) is 0 Å². The Labute approximate surface area is 196 Å². The van der Waals surface area contributed by atoms with Crippen LogP contribution >= 0.6 is 0 Å². The summed E-state index contributed by atoms with van der Waals surface area (Å²) < 4.78 is 0. The van der Waals surface area contributed by atoms with Crippen LogP contribution < -0.4 is 4.90 Å². The number of hydrogen-bond donors (Lipinski definition) is 0. The smallest absolute Gasteiger partial charge is 0.328 e. The molecule has 3 saturated heterocycles. The van der Waals surface area contributed by atoms with Gasteiger partial charge in [-0.15, -0.1) is 0 Å². The van der Waals surface area contributed by atoms with Gasteiger partial charge >= 0.3 is 6.03 Å². The minimum atomic E-state index is -0.414. The molecule has 0 N–H and O–H groups in total. The number of anilines is 1. The molecule has 1 aromatic carbocycles. The molecule has 0 bridgehead atoms. The van der Waals surface area contributed by atoms with Gasteiger partial charge < -0.3 is 19.6 Å². The molecule has 0 aliphatic carbocycles. The number of likely N-dealkylation sites (N-methyl/N-ethyl adjacent to an activating group) is 2. The summed E-state index contributed by atoms with van der Waals surface area (Å²) in [6.07, 6.45) is 2.79. The number of para-hydroxylation sites is 1. The lowest BCUT2D eigenvalue weighted by atomic mass is 10.1. The Bertz CT molecular complexity index is 899. The van der Waals surface area contributed by atoms with E-state index in [1.807, 2.05) is 0 Å². The fourth-order valence-electron chi connectivity index (χ4n) is 5.50. The van der Waals surface area contributed by atoms with Crippen LogP contribution in [0.1, 0.15) is 19.3 Å². The first-order chi connectivity index (χ1) is 16.0. The van der Waals surface area contributed by atoms with Gasteiger partial charge in [0.05, 0.1) is 0 Å². The summed E-state index contributed by atoms with van der Waals surface area (Å²) in [5, 5.41) is 0. The normalized spacial score (nSPS) is 26.4. The molecule has 9 heteroatoms. The summed E-state index contributed by atoms with van der Waals surface area (Å²) in [5.41, 5.74) is 1.31. The lowest BCUT2D eigenvalue weighted by molar-refractivity contribution is -0.136. The zero-order chi connectivity index (χ0) is 22.9. The Hall–Kier alpha value is -2.81. The quantitative estimate of drug-likeness (QED) is 0.667. The first kappa shape index (κ1) is 22.0. The van der Waals surface area contributed by atoms with Gasteiger partial charge in [0, 0.05) is 65.6 Å². The summed E-state index contributed by atoms with van der Waals surface area (Å²) in [6, 6.07) is 9.99. The minimum Gasteiger partial charge on any atom is -0.369 e. The summed E-state index contributed by atoms with van der Waals surface area (Å²) in [6.45, 7) is 8.06. The third kappa shape index (κ3) is 4.14. The second kappa shape index (κ2) is 9.21. The van der Waals surface area contributed by atoms with Crippen molar-refractivity contribution >= 4 is 23.6 Å². The lowest BCUT2D eigenvalue weighted by Crippen LogP contribution is -2.64. The van der Waals surface area contributed by atoms with Gasteiger partial charge in [-0.3, -0.25) is 14.6 Å². The number of carbonyl (C=O) groups excluding carboxylic acids is 2. The van der Waals surface area contributed by atoms with Crippen LogP contribution in [0.5, 0.6) is 0 Å². The van der Waals surface area contributed by atoms with E-state index >= 15 is 0 Å². The molecule has 3 fully saturated rings. The molecule has 2 unspecified atom stereocenters. The maximum absolute atomic E-state index is 12.9. The second-order valence-corrected chi connectivity index (χ2v) is 9.48. The summed E-state index contributed by atoms with van der Waals surface area (Å²) >= 11 is 0. The number of nitrogens with zero attached hydrogens (tertiary/aromatic N) is 7. The van der Waals surface area contributed by atoms with E-state index in [-0.39, 0.29) is 18.0 Å². The highest BCUT2D eigenvalue weighted by atomic mass is 16.2. The van der Waals surface area contributed by atoms with Crippen LogP contribution in [0.2, 0.25) is 0 Å². The van der Waals surface area contributed by atoms with Crippen LogP contribution in [-0.2, 0) is 4.79 Å². The second-order valence-electron chi connectivity index (χ2n) is 9.48. The van der Waals surface area contributed by atoms with Crippen LogP contribution in [0.4, 0.5) is 10.5 Å². The number of imide groups is 1. The van der Waals surface area contributed by atoms with Gasteiger partial charge in [-0.1, -0.05) is 18.2 Å². The topological polar surface area (TPSA) is 65.9 Å². The van der Waals surface area contributed by atoms with Crippen molar-refractivity contribution in [3.8, 4) is 0 Å². The first-order valence-corrected chi connectivity index (χ1v) is 12.2. The molecule has 33 heavy (non-hydrogen) atoms. The van der Waals surface area contributed by atoms with Crippen LogP contribution in [-0.4, -0.2) is 121 Å². The Morgan fingerprint density at radius 3 is 2.39 bits per heavy atom. The van der Waals surface area contributed by atoms with Crippen LogP contribution in [0.15, 0.2) is 35.3 Å². The fraction of sp³-hybridized carbons (Fsp3) is 0.625. The molecule has 0 saturated carbocycles. The van der Waals surface area contributed by atoms with E-state index < -0.39 is 6.17 Å². The van der Waals surface area contributed by atoms with Gasteiger partial charge in [0.25, 0.3) is 5.91 Å². The Balaban J connectivity index is 1.17. The molecular weight excluding hydrogens is 418 g/mol. The molecule has 9 nitrogen and oxygen atoms in total. The van der Waals surface area contributed by atoms with E-state index in [0.717, 1.165) is 77.6 Å². The van der Waals surface area contributed by atoms with E-state index in [2.05, 4.69) is 49.9 Å². The van der Waals surface area contributed by atoms with Crippen LogP contribution in [0.25, 0.3) is 0 Å². The third-order valence-corrected chi connectivity index (χ3v) is 7.45. The molecule has 0 spiro atoms. The number of urea groups is 1. The van der Waals surface area contributed by atoms with Crippen molar-refractivity contribution < 1.29 is 9.59 Å². The van der Waals surface area contributed by atoms with Crippen molar-refractivity contribution in [2.45, 2.75) is 31.5 Å². The highest BCUT2D eigenvalue weighted by Crippen LogP contribution is 2.30. The van der Waals surface area contributed by atoms with Crippen molar-refractivity contribution in [1.29, 1.82) is 0 Å². The predicted octanol–water partition coefficient (Wildman–Crippen LogP) is 1.18. The molecule has 0 radical (unpaired) electrons. The summed E-state index contributed by atoms with van der Waals surface area (Å²) in [5.74, 6) is 0.764. The van der Waals surface area contributed by atoms with Gasteiger partial charge in [0.15, 0.2) is 18.2 Å². The first-order valence-electron chi connectivity index (χ1n) is 12.2. The fourth-order valence-corrected chi connectivity index (χ4v) is 5.50. The lowest BCUT2D eigenvalue weighted by Gasteiger charge is -2.40. The standard InChI is InChI=1S/C24H35N7O2/c1-26-21-20(22(32)27(2)24(26)33)31-14-7-6-12-30(23(31)25-21)13-8-11-28-15-17-29(18-16-28)19-9-4-3-5-10-19/h3-5,9-10,20-21H,6-8,11-18H2,1-2H3. The predicted molar refractivity (Wildman–Crippen MR) is 128 cm³/mol. The van der Waals surface area contributed by atoms with E-state index in [1.54, 1.807) is 19.0 Å². The van der Waals surface area contributed by atoms with E-state index in [0.29, 0.717) is 0 Å². The Morgan fingerprint density at radius 1 is 0.909 bits per heavy atom. The number of amides is 3. The van der Waals surface area contributed by atoms with Gasteiger partial charge in [-0.05, 0) is 37.9 Å². The molecular formula is C24H35N7O2. The number of guanidine groups is 1. The number of rotatable bonds is 5. The minimum absolute atomic E-state index is 0.139. The van der Waals surface area contributed by atoms with Gasteiger partial charge in [-0.2, -0.15) is 0 Å². The van der Waals surface area contributed by atoms with Crippen LogP contribution in [0.3, 0.4) is 0 Å². The Kier molecular flexibility index (Phi) is 6.14. The van der Waals surface area contributed by atoms with Gasteiger partial charge in [0.1, 0.15) is 0 Å². The average Bonchev–Trinajstić information content (AvgIpc) is 3.12. The molecule has 0 aromatic heterocycles. The van der Waals surface area contributed by atoms with E-state index in [4.69, 9.17) is 4.99 Å². The van der Waals surface area contributed by atoms with Crippen molar-refractivity contribution in [2.24, 2.45) is 4.99 Å². The third-order valence-electron chi connectivity index (χ3n) is 7.45. The zero-order valence-electron chi connectivity index (χ0n) is 19.8. The number of benzene rings is 1. The molecule has 2 atom stereocenters. The van der Waals surface area contributed by atoms with Crippen molar-refractivity contribution in [2.75, 3.05) is 71.4 Å². The monoisotopic (exact) mass is 453 g/mol. The number of aliphatic imine (C=N–C) groups is 1. The van der Waals surface area contributed by atoms with E-state index in [9.17, 15) is 9.59 Å². The molecule has 4 aliphatic rings. The maximum atomic E-state index is 12.9. The Morgan fingerprint density at radius 2 is 1.64 bits per heavy atom. The molecule has 4 aliphatic heterocycles. The molecule has 4 heterocycles. The number of carbonyl (C=O) groups is 2. The highest BCUT2D eigenvalue weighted by Gasteiger charge is 2.52. The average molecular weight is 454 g/mol. The molecule has 3 amide bonds. The molecule has 1 aromatic rings. The molecule has 178 valence electrons. The SMILES string of the molecule is CN1C(=O)C2C(N=C3N(CCCN4CCN(c5ccccc5)CC4)CCCCN32)N(C)C1=O. The molecule has 5 rings (SSSR count). The van der Waals surface area contributed by atoms with Crippen molar-refractivity contribution in [1.82, 2.24) is 24.5 Å². The van der Waals surface area contributed by atoms with Crippen molar-refractivity contribution in [3.05, 3.63) is 30.3 Å². The van der Waals surface area contributed by atoms with Gasteiger partial charge in [0.2, 0.25) is 0 Å². The van der Waals surface area contributed by atoms with Gasteiger partial charge in [-0.25, -0.2) is 9.79 Å². The number of piperazine rings is 1. The summed E-state index contributed by atoms with van der Waals surface area (Å²) in [7, 11) is 3.32. The maximum Gasteiger partial charge on any atom is 0.328 e. The van der Waals surface area contributed by atoms with Crippen LogP contribution in [0, 0.1) is 0 Å². The summed E-state index contributed by atoms with van der Waals surface area (Å²) in [4.78, 5) is 42.6. The largest absolute Gasteiger partial charge is 0.369 e. The zero-order valence-corrected chi connectivity index (χ0v) is 19.8. The highest BCUT2D eigenvalue weighted by molar-refractivity contribution is 6.03. The number of hydrogen-bond acceptors (Lipinski definition) is 7.